The van der Waals surface area contributed by atoms with Crippen LogP contribution in [0.15, 0.2) is 18.2 Å². The summed E-state index contributed by atoms with van der Waals surface area (Å²) in [4.78, 5) is 16.0. The first-order valence-corrected chi connectivity index (χ1v) is 6.88. The van der Waals surface area contributed by atoms with Crippen LogP contribution in [0.4, 0.5) is 4.39 Å². The first kappa shape index (κ1) is 12.3. The highest BCUT2D eigenvalue weighted by atomic mass is 32.1. The van der Waals surface area contributed by atoms with E-state index in [2.05, 4.69) is 4.98 Å². The molecule has 0 aliphatic heterocycles. The maximum atomic E-state index is 13.1. The summed E-state index contributed by atoms with van der Waals surface area (Å²) in [6.07, 6.45) is 2.01. The number of hydrogen-bond donors (Lipinski definition) is 1. The van der Waals surface area contributed by atoms with E-state index >= 15 is 0 Å². The monoisotopic (exact) mass is 277 g/mol. The van der Waals surface area contributed by atoms with Crippen molar-refractivity contribution in [3.63, 3.8) is 0 Å². The molecule has 19 heavy (non-hydrogen) atoms. The normalized spacial score (nSPS) is 14.6. The number of rotatable bonds is 3. The van der Waals surface area contributed by atoms with Gasteiger partial charge in [0.1, 0.15) is 15.7 Å². The van der Waals surface area contributed by atoms with E-state index in [1.807, 2.05) is 0 Å². The van der Waals surface area contributed by atoms with Gasteiger partial charge >= 0.3 is 5.97 Å². The van der Waals surface area contributed by atoms with Crippen LogP contribution in [0.5, 0.6) is 0 Å². The van der Waals surface area contributed by atoms with Gasteiger partial charge < -0.3 is 5.11 Å². The van der Waals surface area contributed by atoms with Crippen molar-refractivity contribution in [1.29, 1.82) is 0 Å². The number of aromatic carboxylic acids is 1. The zero-order valence-electron chi connectivity index (χ0n) is 10.3. The molecular weight excluding hydrogens is 265 g/mol. The Morgan fingerprint density at radius 2 is 2.21 bits per heavy atom. The van der Waals surface area contributed by atoms with Gasteiger partial charge in [0.05, 0.1) is 5.69 Å². The molecule has 1 saturated carbocycles. The van der Waals surface area contributed by atoms with Crippen LogP contribution < -0.4 is 0 Å². The molecule has 0 atom stereocenters. The second-order valence-corrected chi connectivity index (χ2v) is 5.77. The van der Waals surface area contributed by atoms with E-state index in [0.29, 0.717) is 15.6 Å². The fourth-order valence-corrected chi connectivity index (χ4v) is 3.18. The van der Waals surface area contributed by atoms with E-state index in [1.54, 1.807) is 13.0 Å². The summed E-state index contributed by atoms with van der Waals surface area (Å²) in [6, 6.07) is 4.47. The minimum Gasteiger partial charge on any atom is -0.477 e. The van der Waals surface area contributed by atoms with Crippen molar-refractivity contribution in [3.8, 4) is 10.6 Å². The molecule has 0 bridgehead atoms. The number of benzene rings is 1. The molecule has 1 heterocycles. The smallest absolute Gasteiger partial charge is 0.347 e. The lowest BCUT2D eigenvalue weighted by atomic mass is 10.1. The number of thiazole rings is 1. The molecule has 1 aliphatic carbocycles. The highest BCUT2D eigenvalue weighted by Crippen LogP contribution is 2.44. The van der Waals surface area contributed by atoms with E-state index in [-0.39, 0.29) is 11.7 Å². The van der Waals surface area contributed by atoms with Crippen LogP contribution in [0, 0.1) is 12.7 Å². The lowest BCUT2D eigenvalue weighted by molar-refractivity contribution is 0.0700. The van der Waals surface area contributed by atoms with Crippen molar-refractivity contribution in [3.05, 3.63) is 40.2 Å². The van der Waals surface area contributed by atoms with Crippen LogP contribution >= 0.6 is 11.3 Å². The topological polar surface area (TPSA) is 50.2 Å². The Morgan fingerprint density at radius 3 is 2.79 bits per heavy atom. The summed E-state index contributed by atoms with van der Waals surface area (Å²) in [6.45, 7) is 1.80. The van der Waals surface area contributed by atoms with E-state index in [4.69, 9.17) is 0 Å². The maximum absolute atomic E-state index is 13.1. The minimum absolute atomic E-state index is 0.289. The summed E-state index contributed by atoms with van der Waals surface area (Å²) in [5, 5.41) is 9.89. The van der Waals surface area contributed by atoms with Gasteiger partial charge in [0.15, 0.2) is 0 Å². The fraction of sp³-hybridized carbons (Fsp3) is 0.286. The average molecular weight is 277 g/mol. The molecule has 0 amide bonds. The third kappa shape index (κ3) is 2.26. The van der Waals surface area contributed by atoms with Crippen LogP contribution in [0.1, 0.15) is 39.7 Å². The number of aryl methyl sites for hydroxylation is 1. The Bertz CT molecular complexity index is 661. The summed E-state index contributed by atoms with van der Waals surface area (Å²) in [5.41, 5.74) is 2.27. The molecule has 1 N–H and O–H groups in total. The Labute approximate surface area is 113 Å². The Balaban J connectivity index is 2.10. The number of halogens is 1. The molecule has 2 aromatic rings. The van der Waals surface area contributed by atoms with Crippen LogP contribution in [0.3, 0.4) is 0 Å². The standard InChI is InChI=1S/C14H12FNO2S/c1-7-6-9(15)4-5-10(7)13-16-11(8-2-3-8)12(19-13)14(17)18/h4-6,8H,2-3H2,1H3,(H,17,18). The highest BCUT2D eigenvalue weighted by Gasteiger charge is 2.32. The molecule has 1 aromatic carbocycles. The van der Waals surface area contributed by atoms with Crippen LogP contribution in [-0.2, 0) is 0 Å². The number of carboxylic acids is 1. The molecule has 0 unspecified atom stereocenters. The lowest BCUT2D eigenvalue weighted by Crippen LogP contribution is -1.97. The first-order chi connectivity index (χ1) is 9.06. The second kappa shape index (κ2) is 4.42. The van der Waals surface area contributed by atoms with Gasteiger partial charge in [-0.2, -0.15) is 0 Å². The van der Waals surface area contributed by atoms with Gasteiger partial charge in [0.25, 0.3) is 0 Å². The van der Waals surface area contributed by atoms with Crippen molar-refractivity contribution in [2.24, 2.45) is 0 Å². The molecule has 98 valence electrons. The molecule has 1 fully saturated rings. The third-order valence-electron chi connectivity index (χ3n) is 3.23. The SMILES string of the molecule is Cc1cc(F)ccc1-c1nc(C2CC2)c(C(=O)O)s1. The number of carbonyl (C=O) groups is 1. The van der Waals surface area contributed by atoms with Gasteiger partial charge in [0.2, 0.25) is 0 Å². The predicted octanol–water partition coefficient (Wildman–Crippen LogP) is 3.83. The summed E-state index contributed by atoms with van der Waals surface area (Å²) in [5.74, 6) is -0.930. The number of nitrogens with zero attached hydrogens (tertiary/aromatic N) is 1. The van der Waals surface area contributed by atoms with Gasteiger partial charge in [-0.3, -0.25) is 0 Å². The van der Waals surface area contributed by atoms with E-state index < -0.39 is 5.97 Å². The summed E-state index contributed by atoms with van der Waals surface area (Å²) >= 11 is 1.18. The molecule has 1 aromatic heterocycles. The van der Waals surface area contributed by atoms with Crippen LogP contribution in [0.2, 0.25) is 0 Å². The Kier molecular flexibility index (Phi) is 2.86. The quantitative estimate of drug-likeness (QED) is 0.927. The second-order valence-electron chi connectivity index (χ2n) is 4.77. The molecule has 5 heteroatoms. The van der Waals surface area contributed by atoms with Crippen molar-refractivity contribution >= 4 is 17.3 Å². The van der Waals surface area contributed by atoms with E-state index in [0.717, 1.165) is 24.0 Å². The Morgan fingerprint density at radius 1 is 1.47 bits per heavy atom. The average Bonchev–Trinajstić information content (AvgIpc) is 3.09. The molecular formula is C14H12FNO2S. The Hall–Kier alpha value is -1.75. The van der Waals surface area contributed by atoms with Crippen LogP contribution in [-0.4, -0.2) is 16.1 Å². The number of hydrogen-bond acceptors (Lipinski definition) is 3. The summed E-state index contributed by atoms with van der Waals surface area (Å²) in [7, 11) is 0. The molecule has 0 saturated heterocycles. The van der Waals surface area contributed by atoms with E-state index in [9.17, 15) is 14.3 Å². The molecule has 0 radical (unpaired) electrons. The lowest BCUT2D eigenvalue weighted by Gasteiger charge is -2.01. The predicted molar refractivity (Wildman–Crippen MR) is 71.2 cm³/mol. The van der Waals surface area contributed by atoms with Crippen molar-refractivity contribution in [2.45, 2.75) is 25.7 Å². The first-order valence-electron chi connectivity index (χ1n) is 6.07. The zero-order valence-corrected chi connectivity index (χ0v) is 11.1. The van der Waals surface area contributed by atoms with Crippen LogP contribution in [0.25, 0.3) is 10.6 Å². The molecule has 3 nitrogen and oxygen atoms in total. The van der Waals surface area contributed by atoms with E-state index in [1.165, 1.54) is 23.5 Å². The fourth-order valence-electron chi connectivity index (χ4n) is 2.10. The summed E-state index contributed by atoms with van der Waals surface area (Å²) < 4.78 is 13.1. The van der Waals surface area contributed by atoms with Gasteiger partial charge in [-0.1, -0.05) is 0 Å². The van der Waals surface area contributed by atoms with Crippen molar-refractivity contribution in [1.82, 2.24) is 4.98 Å². The zero-order chi connectivity index (χ0) is 13.6. The molecule has 1 aliphatic rings. The van der Waals surface area contributed by atoms with Crippen molar-refractivity contribution in [2.75, 3.05) is 0 Å². The minimum atomic E-state index is -0.926. The largest absolute Gasteiger partial charge is 0.477 e. The third-order valence-corrected chi connectivity index (χ3v) is 4.32. The molecule has 3 rings (SSSR count). The highest BCUT2D eigenvalue weighted by molar-refractivity contribution is 7.17. The molecule has 0 spiro atoms. The van der Waals surface area contributed by atoms with Gasteiger partial charge in [-0.15, -0.1) is 11.3 Å². The van der Waals surface area contributed by atoms with Gasteiger partial charge in [-0.05, 0) is 43.5 Å². The number of aromatic nitrogens is 1. The number of carboxylic acid groups (broad SMARTS) is 1. The van der Waals surface area contributed by atoms with Gasteiger partial charge in [0, 0.05) is 11.5 Å². The van der Waals surface area contributed by atoms with Gasteiger partial charge in [-0.25, -0.2) is 14.2 Å². The maximum Gasteiger partial charge on any atom is 0.347 e. The van der Waals surface area contributed by atoms with Crippen molar-refractivity contribution < 1.29 is 14.3 Å².